The molecule has 0 saturated carbocycles. The lowest BCUT2D eigenvalue weighted by Crippen LogP contribution is -2.38. The molecule has 0 aromatic heterocycles. The van der Waals surface area contributed by atoms with Gasteiger partial charge in [-0.1, -0.05) is 0 Å². The molecule has 1 heterocycles. The predicted molar refractivity (Wildman–Crippen MR) is 114 cm³/mol. The Morgan fingerprint density at radius 1 is 1.14 bits per heavy atom. The molecule has 9 heteroatoms. The number of rotatable bonds is 6. The highest BCUT2D eigenvalue weighted by Gasteiger charge is 2.22. The van der Waals surface area contributed by atoms with Gasteiger partial charge in [-0.25, -0.2) is 13.1 Å². The molecule has 1 fully saturated rings. The third-order valence-corrected chi connectivity index (χ3v) is 6.76. The first-order valence-corrected chi connectivity index (χ1v) is 11.3. The number of carbonyl (C=O) groups excluding carboxylic acids is 1. The van der Waals surface area contributed by atoms with E-state index in [0.717, 1.165) is 3.57 Å². The van der Waals surface area contributed by atoms with Gasteiger partial charge in [0.25, 0.3) is 5.91 Å². The van der Waals surface area contributed by atoms with Crippen molar-refractivity contribution in [3.05, 3.63) is 51.6 Å². The van der Waals surface area contributed by atoms with Gasteiger partial charge in [0.05, 0.1) is 15.6 Å². The number of sulfonamides is 1. The van der Waals surface area contributed by atoms with Crippen molar-refractivity contribution in [2.24, 2.45) is 0 Å². The lowest BCUT2D eigenvalue weighted by molar-refractivity contribution is 0.0832. The van der Waals surface area contributed by atoms with Crippen LogP contribution in [-0.2, 0) is 14.8 Å². The number of carbonyl (C=O) groups is 1. The first kappa shape index (κ1) is 21.0. The summed E-state index contributed by atoms with van der Waals surface area (Å²) in [6.45, 7) is 1.12. The number of ether oxygens (including phenoxy) is 2. The van der Waals surface area contributed by atoms with Crippen LogP contribution in [0.1, 0.15) is 23.2 Å². The zero-order valence-corrected chi connectivity index (χ0v) is 18.2. The van der Waals surface area contributed by atoms with Crippen molar-refractivity contribution >= 4 is 44.2 Å². The molecule has 0 radical (unpaired) electrons. The monoisotopic (exact) mass is 516 g/mol. The van der Waals surface area contributed by atoms with Crippen LogP contribution in [0.25, 0.3) is 0 Å². The van der Waals surface area contributed by atoms with Gasteiger partial charge in [0.1, 0.15) is 5.75 Å². The Hall–Kier alpha value is -1.69. The van der Waals surface area contributed by atoms with Crippen molar-refractivity contribution in [1.29, 1.82) is 0 Å². The van der Waals surface area contributed by atoms with E-state index in [-0.39, 0.29) is 16.8 Å². The molecule has 0 unspecified atom stereocenters. The van der Waals surface area contributed by atoms with Gasteiger partial charge >= 0.3 is 0 Å². The predicted octanol–water partition coefficient (Wildman–Crippen LogP) is 3.01. The Morgan fingerprint density at radius 2 is 1.82 bits per heavy atom. The number of anilines is 1. The molecule has 150 valence electrons. The summed E-state index contributed by atoms with van der Waals surface area (Å²) >= 11 is 2.10. The summed E-state index contributed by atoms with van der Waals surface area (Å²) in [4.78, 5) is 12.6. The van der Waals surface area contributed by atoms with Crippen LogP contribution in [0.3, 0.4) is 0 Å². The summed E-state index contributed by atoms with van der Waals surface area (Å²) in [6, 6.07) is 11.1. The van der Waals surface area contributed by atoms with Crippen LogP contribution >= 0.6 is 22.6 Å². The molecule has 1 saturated heterocycles. The van der Waals surface area contributed by atoms with Crippen LogP contribution in [0.4, 0.5) is 5.69 Å². The lowest BCUT2D eigenvalue weighted by atomic mass is 10.1. The molecule has 0 bridgehead atoms. The average Bonchev–Trinajstić information content (AvgIpc) is 2.68. The third kappa shape index (κ3) is 5.22. The van der Waals surface area contributed by atoms with Crippen molar-refractivity contribution in [2.45, 2.75) is 23.8 Å². The van der Waals surface area contributed by atoms with Gasteiger partial charge < -0.3 is 14.8 Å². The number of nitrogens with one attached hydrogen (secondary N) is 2. The summed E-state index contributed by atoms with van der Waals surface area (Å²) in [7, 11) is -2.03. The van der Waals surface area contributed by atoms with Crippen molar-refractivity contribution in [3.63, 3.8) is 0 Å². The molecular weight excluding hydrogens is 495 g/mol. The fraction of sp³-hybridized carbons (Fsp3) is 0.316. The maximum atomic E-state index is 12.5. The maximum absolute atomic E-state index is 12.5. The Bertz CT molecular complexity index is 941. The summed E-state index contributed by atoms with van der Waals surface area (Å²) in [5.74, 6) is 0.417. The summed E-state index contributed by atoms with van der Waals surface area (Å²) in [5.41, 5.74) is 1.00. The first-order valence-electron chi connectivity index (χ1n) is 8.74. The van der Waals surface area contributed by atoms with Crippen LogP contribution in [0, 0.1) is 3.57 Å². The Balaban J connectivity index is 1.66. The fourth-order valence-corrected chi connectivity index (χ4v) is 4.87. The largest absolute Gasteiger partial charge is 0.496 e. The van der Waals surface area contributed by atoms with Gasteiger partial charge in [-0.3, -0.25) is 4.79 Å². The third-order valence-electron chi connectivity index (χ3n) is 4.38. The number of benzene rings is 2. The molecule has 3 rings (SSSR count). The number of amides is 1. The van der Waals surface area contributed by atoms with Crippen LogP contribution in [-0.4, -0.2) is 40.7 Å². The smallest absolute Gasteiger partial charge is 0.255 e. The van der Waals surface area contributed by atoms with E-state index in [9.17, 15) is 13.2 Å². The molecule has 2 aromatic carbocycles. The van der Waals surface area contributed by atoms with E-state index in [4.69, 9.17) is 9.47 Å². The molecule has 28 heavy (non-hydrogen) atoms. The summed E-state index contributed by atoms with van der Waals surface area (Å²) < 4.78 is 39.0. The Kier molecular flexibility index (Phi) is 6.91. The van der Waals surface area contributed by atoms with Crippen LogP contribution in [0.15, 0.2) is 47.4 Å². The van der Waals surface area contributed by atoms with E-state index < -0.39 is 10.0 Å². The molecule has 0 aliphatic carbocycles. The van der Waals surface area contributed by atoms with Crippen molar-refractivity contribution in [2.75, 3.05) is 25.6 Å². The average molecular weight is 516 g/mol. The maximum Gasteiger partial charge on any atom is 0.255 e. The topological polar surface area (TPSA) is 93.7 Å². The minimum absolute atomic E-state index is 0.115. The second kappa shape index (κ2) is 9.21. The van der Waals surface area contributed by atoms with Crippen molar-refractivity contribution in [1.82, 2.24) is 4.72 Å². The van der Waals surface area contributed by atoms with Crippen LogP contribution in [0.2, 0.25) is 0 Å². The molecule has 1 aliphatic rings. The number of hydrogen-bond donors (Lipinski definition) is 2. The van der Waals surface area contributed by atoms with E-state index in [0.29, 0.717) is 43.1 Å². The second-order valence-corrected chi connectivity index (χ2v) is 9.21. The second-order valence-electron chi connectivity index (χ2n) is 6.34. The van der Waals surface area contributed by atoms with E-state index in [1.165, 1.54) is 12.1 Å². The van der Waals surface area contributed by atoms with Crippen molar-refractivity contribution < 1.29 is 22.7 Å². The molecule has 0 atom stereocenters. The van der Waals surface area contributed by atoms with Crippen molar-refractivity contribution in [3.8, 4) is 5.75 Å². The number of halogens is 1. The highest BCUT2D eigenvalue weighted by Crippen LogP contribution is 2.22. The highest BCUT2D eigenvalue weighted by molar-refractivity contribution is 14.1. The number of hydrogen-bond acceptors (Lipinski definition) is 5. The van der Waals surface area contributed by atoms with Crippen LogP contribution < -0.4 is 14.8 Å². The molecule has 7 nitrogen and oxygen atoms in total. The Morgan fingerprint density at radius 3 is 2.43 bits per heavy atom. The normalized spacial score (nSPS) is 15.2. The Labute approximate surface area is 178 Å². The molecule has 0 spiro atoms. The van der Waals surface area contributed by atoms with Gasteiger partial charge in [-0.05, 0) is 77.9 Å². The minimum Gasteiger partial charge on any atom is -0.496 e. The van der Waals surface area contributed by atoms with Gasteiger partial charge in [-0.2, -0.15) is 0 Å². The summed E-state index contributed by atoms with van der Waals surface area (Å²) in [5, 5.41) is 2.77. The van der Waals surface area contributed by atoms with Gasteiger partial charge in [0.15, 0.2) is 0 Å². The summed E-state index contributed by atoms with van der Waals surface area (Å²) in [6.07, 6.45) is 1.32. The quantitative estimate of drug-likeness (QED) is 0.576. The van der Waals surface area contributed by atoms with E-state index in [2.05, 4.69) is 32.6 Å². The lowest BCUT2D eigenvalue weighted by Gasteiger charge is -2.23. The van der Waals surface area contributed by atoms with E-state index >= 15 is 0 Å². The molecular formula is C19H21IN2O5S. The van der Waals surface area contributed by atoms with Gasteiger partial charge in [0.2, 0.25) is 10.0 Å². The van der Waals surface area contributed by atoms with Gasteiger partial charge in [-0.15, -0.1) is 0 Å². The highest BCUT2D eigenvalue weighted by atomic mass is 127. The molecule has 2 aromatic rings. The molecule has 1 amide bonds. The molecule has 2 N–H and O–H groups in total. The number of methoxy groups -OCH3 is 1. The standard InChI is InChI=1S/C19H21IN2O5S/c1-26-18-7-2-13(12-17(18)20)19(23)21-14-3-5-16(6-4-14)28(24,25)22-15-8-10-27-11-9-15/h2-7,12,15,22H,8-11H2,1H3,(H,21,23). The van der Waals surface area contributed by atoms with E-state index in [1.807, 2.05) is 0 Å². The SMILES string of the molecule is COc1ccc(C(=O)Nc2ccc(S(=O)(=O)NC3CCOCC3)cc2)cc1I. The van der Waals surface area contributed by atoms with Gasteiger partial charge in [0, 0.05) is 30.5 Å². The first-order chi connectivity index (χ1) is 13.4. The zero-order chi connectivity index (χ0) is 20.1. The minimum atomic E-state index is -3.60. The van der Waals surface area contributed by atoms with E-state index in [1.54, 1.807) is 37.4 Å². The molecule has 1 aliphatic heterocycles. The van der Waals surface area contributed by atoms with Crippen LogP contribution in [0.5, 0.6) is 5.75 Å². The zero-order valence-electron chi connectivity index (χ0n) is 15.3. The fourth-order valence-electron chi connectivity index (χ4n) is 2.83.